The minimum absolute atomic E-state index is 0.163. The number of fused-ring (bicyclic) bond motifs is 3. The van der Waals surface area contributed by atoms with E-state index in [2.05, 4.69) is 14.9 Å². The van der Waals surface area contributed by atoms with Crippen LogP contribution in [0.2, 0.25) is 0 Å². The molecule has 0 spiro atoms. The molecule has 1 aliphatic carbocycles. The number of halogens is 3. The number of aromatic nitrogens is 4. The number of hydrogen-bond acceptors (Lipinski definition) is 6. The summed E-state index contributed by atoms with van der Waals surface area (Å²) in [5.74, 6) is 0.816. The van der Waals surface area contributed by atoms with Gasteiger partial charge in [-0.05, 0) is 62.3 Å². The number of anilines is 1. The number of alkyl halides is 3. The van der Waals surface area contributed by atoms with Crippen LogP contribution in [0.4, 0.5) is 19.0 Å². The van der Waals surface area contributed by atoms with E-state index in [1.165, 1.54) is 19.0 Å². The van der Waals surface area contributed by atoms with E-state index >= 15 is 0 Å². The van der Waals surface area contributed by atoms with Crippen LogP contribution in [-0.4, -0.2) is 69.2 Å². The summed E-state index contributed by atoms with van der Waals surface area (Å²) in [5.41, 5.74) is 1.59. The van der Waals surface area contributed by atoms with Crippen molar-refractivity contribution in [2.45, 2.75) is 63.5 Å². The van der Waals surface area contributed by atoms with Gasteiger partial charge in [-0.1, -0.05) is 12.1 Å². The molecular weight excluding hydrogens is 533 g/mol. The smallest absolute Gasteiger partial charge is 0.356 e. The van der Waals surface area contributed by atoms with Crippen molar-refractivity contribution >= 4 is 27.6 Å². The molecule has 1 atom stereocenters. The molecule has 1 unspecified atom stereocenters. The van der Waals surface area contributed by atoms with Crippen molar-refractivity contribution in [1.29, 1.82) is 0 Å². The number of hydrogen-bond donors (Lipinski definition) is 0. The fourth-order valence-corrected chi connectivity index (χ4v) is 6.46. The van der Waals surface area contributed by atoms with Crippen molar-refractivity contribution in [3.63, 3.8) is 0 Å². The molecule has 4 aromatic rings. The lowest BCUT2D eigenvalue weighted by Gasteiger charge is -2.25. The van der Waals surface area contributed by atoms with Crippen LogP contribution < -0.4 is 10.5 Å². The predicted molar refractivity (Wildman–Crippen MR) is 151 cm³/mol. The van der Waals surface area contributed by atoms with Crippen molar-refractivity contribution in [3.05, 3.63) is 53.1 Å². The van der Waals surface area contributed by atoms with E-state index in [1.54, 1.807) is 16.9 Å². The van der Waals surface area contributed by atoms with Crippen LogP contribution in [-0.2, 0) is 11.3 Å². The Morgan fingerprint density at radius 1 is 0.976 bits per heavy atom. The summed E-state index contributed by atoms with van der Waals surface area (Å²) in [7, 11) is 0. The molecule has 7 rings (SSSR count). The fourth-order valence-electron chi connectivity index (χ4n) is 6.46. The highest BCUT2D eigenvalue weighted by atomic mass is 19.4. The van der Waals surface area contributed by atoms with Gasteiger partial charge in [-0.25, -0.2) is 9.67 Å². The third kappa shape index (κ3) is 5.10. The Bertz CT molecular complexity index is 1640. The Balaban J connectivity index is 1.36. The average Bonchev–Trinajstić information content (AvgIpc) is 3.76. The van der Waals surface area contributed by atoms with Crippen molar-refractivity contribution in [3.8, 4) is 11.1 Å². The maximum atomic E-state index is 13.8. The largest absolute Gasteiger partial charge is 0.406 e. The normalized spacial score (nSPS) is 21.0. The second-order valence-electron chi connectivity index (χ2n) is 11.4. The van der Waals surface area contributed by atoms with Gasteiger partial charge in [-0.2, -0.15) is 18.3 Å². The average molecular weight is 567 g/mol. The van der Waals surface area contributed by atoms with Crippen LogP contribution in [0, 0.1) is 0 Å². The van der Waals surface area contributed by atoms with Crippen LogP contribution in [0.3, 0.4) is 0 Å². The Kier molecular flexibility index (Phi) is 6.73. The minimum Gasteiger partial charge on any atom is -0.356 e. The quantitative estimate of drug-likeness (QED) is 0.325. The summed E-state index contributed by atoms with van der Waals surface area (Å²) < 4.78 is 49.8. The van der Waals surface area contributed by atoms with E-state index in [1.807, 2.05) is 24.3 Å². The molecule has 0 bridgehead atoms. The van der Waals surface area contributed by atoms with E-state index in [9.17, 15) is 18.0 Å². The lowest BCUT2D eigenvalue weighted by molar-refractivity contribution is -0.140. The standard InChI is InChI=1S/C30H33F3N6O2/c31-30(32,33)19-38-25-17-20(22-5-3-11-34-28(22)37-13-4-12-36(14-15-37)21-8-9-21)7-10-23(25)27-24(29(38)40)18-35-39(27)26-6-1-2-16-41-26/h3,5,7,10-11,17-18,21,26H,1-2,4,6,8-9,12-16,19H2. The summed E-state index contributed by atoms with van der Waals surface area (Å²) in [6.45, 7) is 2.94. The zero-order valence-corrected chi connectivity index (χ0v) is 22.8. The molecule has 11 heteroatoms. The third-order valence-corrected chi connectivity index (χ3v) is 8.57. The van der Waals surface area contributed by atoms with Gasteiger partial charge in [0.05, 0.1) is 22.6 Å². The molecule has 1 aromatic carbocycles. The van der Waals surface area contributed by atoms with Gasteiger partial charge in [-0.15, -0.1) is 0 Å². The van der Waals surface area contributed by atoms with E-state index in [4.69, 9.17) is 9.72 Å². The number of pyridine rings is 2. The Morgan fingerprint density at radius 2 is 1.85 bits per heavy atom. The lowest BCUT2D eigenvalue weighted by Crippen LogP contribution is -2.32. The summed E-state index contributed by atoms with van der Waals surface area (Å²) >= 11 is 0. The Labute approximate surface area is 235 Å². The highest BCUT2D eigenvalue weighted by Gasteiger charge is 2.32. The second kappa shape index (κ2) is 10.4. The van der Waals surface area contributed by atoms with Crippen molar-refractivity contribution < 1.29 is 17.9 Å². The van der Waals surface area contributed by atoms with Crippen LogP contribution in [0.25, 0.3) is 32.9 Å². The summed E-state index contributed by atoms with van der Waals surface area (Å²) in [5, 5.41) is 5.14. The molecule has 41 heavy (non-hydrogen) atoms. The number of rotatable bonds is 5. The molecule has 3 aromatic heterocycles. The molecule has 216 valence electrons. The van der Waals surface area contributed by atoms with E-state index in [0.717, 1.165) is 73.4 Å². The molecule has 1 saturated carbocycles. The first kappa shape index (κ1) is 26.5. The van der Waals surface area contributed by atoms with Crippen LogP contribution in [0.1, 0.15) is 44.8 Å². The maximum Gasteiger partial charge on any atom is 0.406 e. The summed E-state index contributed by atoms with van der Waals surface area (Å²) in [6.07, 6.45) is 4.41. The van der Waals surface area contributed by atoms with Gasteiger partial charge in [0.15, 0.2) is 6.23 Å². The minimum atomic E-state index is -4.57. The fraction of sp³-hybridized carbons (Fsp3) is 0.500. The van der Waals surface area contributed by atoms with Gasteiger partial charge in [0.25, 0.3) is 5.56 Å². The first-order chi connectivity index (χ1) is 19.9. The zero-order chi connectivity index (χ0) is 28.1. The van der Waals surface area contributed by atoms with Gasteiger partial charge >= 0.3 is 6.18 Å². The highest BCUT2D eigenvalue weighted by Crippen LogP contribution is 2.36. The highest BCUT2D eigenvalue weighted by molar-refractivity contribution is 6.05. The van der Waals surface area contributed by atoms with Gasteiger partial charge in [-0.3, -0.25) is 14.3 Å². The number of benzene rings is 1. The van der Waals surface area contributed by atoms with Crippen LogP contribution in [0.15, 0.2) is 47.5 Å². The number of ether oxygens (including phenoxy) is 1. The topological polar surface area (TPSA) is 68.4 Å². The van der Waals surface area contributed by atoms with E-state index in [0.29, 0.717) is 23.6 Å². The van der Waals surface area contributed by atoms with Crippen molar-refractivity contribution in [2.75, 3.05) is 37.7 Å². The van der Waals surface area contributed by atoms with E-state index < -0.39 is 18.3 Å². The molecule has 3 aliphatic rings. The van der Waals surface area contributed by atoms with Crippen molar-refractivity contribution in [2.24, 2.45) is 0 Å². The van der Waals surface area contributed by atoms with Crippen molar-refractivity contribution in [1.82, 2.24) is 24.2 Å². The first-order valence-electron chi connectivity index (χ1n) is 14.5. The third-order valence-electron chi connectivity index (χ3n) is 8.57. The van der Waals surface area contributed by atoms with E-state index in [-0.39, 0.29) is 17.1 Å². The summed E-state index contributed by atoms with van der Waals surface area (Å²) in [4.78, 5) is 23.1. The second-order valence-corrected chi connectivity index (χ2v) is 11.4. The van der Waals surface area contributed by atoms with Crippen LogP contribution in [0.5, 0.6) is 0 Å². The Hall–Kier alpha value is -3.44. The molecule has 2 aliphatic heterocycles. The maximum absolute atomic E-state index is 13.8. The molecule has 5 heterocycles. The molecule has 8 nitrogen and oxygen atoms in total. The zero-order valence-electron chi connectivity index (χ0n) is 22.8. The van der Waals surface area contributed by atoms with Crippen LogP contribution >= 0.6 is 0 Å². The number of nitrogens with zero attached hydrogens (tertiary/aromatic N) is 6. The predicted octanol–water partition coefficient (Wildman–Crippen LogP) is 5.35. The molecule has 3 fully saturated rings. The molecular formula is C30H33F3N6O2. The summed E-state index contributed by atoms with van der Waals surface area (Å²) in [6, 6.07) is 9.94. The molecule has 2 saturated heterocycles. The Morgan fingerprint density at radius 3 is 2.63 bits per heavy atom. The lowest BCUT2D eigenvalue weighted by atomic mass is 10.0. The SMILES string of the molecule is O=c1c2cnn(C3CCCCO3)c2c2ccc(-c3cccnc3N3CCCN(C4CC4)CC3)cc2n1CC(F)(F)F. The monoisotopic (exact) mass is 566 g/mol. The van der Waals surface area contributed by atoms with Gasteiger partial charge in [0, 0.05) is 56.0 Å². The van der Waals surface area contributed by atoms with Gasteiger partial charge < -0.3 is 9.64 Å². The first-order valence-corrected chi connectivity index (χ1v) is 14.5. The molecule has 0 N–H and O–H groups in total. The van der Waals surface area contributed by atoms with Gasteiger partial charge in [0.1, 0.15) is 12.4 Å². The molecule has 0 radical (unpaired) electrons. The molecule has 0 amide bonds. The van der Waals surface area contributed by atoms with Gasteiger partial charge in [0.2, 0.25) is 0 Å².